The number of Topliss-reactive ketones (excluding diaryl/α,β-unsaturated/α-hetero) is 1. The molecule has 1 aliphatic heterocycles. The Hall–Kier alpha value is -1.39. The number of ketones is 1. The molecule has 1 N–H and O–H groups in total. The summed E-state index contributed by atoms with van der Waals surface area (Å²) in [7, 11) is 1.65. The first-order valence-corrected chi connectivity index (χ1v) is 7.18. The molecule has 110 valence electrons. The van der Waals surface area contributed by atoms with E-state index in [2.05, 4.69) is 10.2 Å². The van der Waals surface area contributed by atoms with Crippen molar-refractivity contribution in [3.05, 3.63) is 28.8 Å². The van der Waals surface area contributed by atoms with Crippen LogP contribution in [-0.2, 0) is 0 Å². The molecule has 1 aliphatic rings. The van der Waals surface area contributed by atoms with Crippen molar-refractivity contribution in [1.82, 2.24) is 10.2 Å². The van der Waals surface area contributed by atoms with Gasteiger partial charge in [-0.15, -0.1) is 0 Å². The van der Waals surface area contributed by atoms with Gasteiger partial charge in [0.1, 0.15) is 5.75 Å². The third kappa shape index (κ3) is 3.02. The normalized spacial score (nSPS) is 17.8. The lowest BCUT2D eigenvalue weighted by atomic mass is 9.94. The molecule has 4 nitrogen and oxygen atoms in total. The number of nitrogens with one attached hydrogen (secondary N) is 1. The van der Waals surface area contributed by atoms with Crippen LogP contribution in [-0.4, -0.2) is 50.0 Å². The van der Waals surface area contributed by atoms with E-state index in [1.54, 1.807) is 7.11 Å². The number of hydrogen-bond acceptors (Lipinski definition) is 4. The molecule has 0 spiro atoms. The molecule has 1 unspecified atom stereocenters. The van der Waals surface area contributed by atoms with Crippen LogP contribution in [0.5, 0.6) is 5.75 Å². The Bertz CT molecular complexity index is 470. The van der Waals surface area contributed by atoms with Crippen molar-refractivity contribution in [2.24, 2.45) is 0 Å². The number of benzene rings is 1. The van der Waals surface area contributed by atoms with E-state index in [9.17, 15) is 4.79 Å². The molecule has 1 saturated heterocycles. The van der Waals surface area contributed by atoms with Gasteiger partial charge in [-0.2, -0.15) is 0 Å². The summed E-state index contributed by atoms with van der Waals surface area (Å²) in [5.74, 6) is 1.02. The molecule has 0 bridgehead atoms. The van der Waals surface area contributed by atoms with Gasteiger partial charge in [-0.3, -0.25) is 9.69 Å². The Kier molecular flexibility index (Phi) is 4.78. The van der Waals surface area contributed by atoms with Crippen molar-refractivity contribution in [2.75, 3.05) is 33.3 Å². The number of rotatable bonds is 4. The van der Waals surface area contributed by atoms with Crippen molar-refractivity contribution in [1.29, 1.82) is 0 Å². The van der Waals surface area contributed by atoms with E-state index in [-0.39, 0.29) is 11.8 Å². The number of nitrogens with zero attached hydrogens (tertiary/aromatic N) is 1. The molecule has 1 atom stereocenters. The Labute approximate surface area is 121 Å². The average molecular weight is 276 g/mol. The fraction of sp³-hybridized carbons (Fsp3) is 0.562. The molecule has 0 radical (unpaired) electrons. The standard InChI is InChI=1S/C16H24N2O2/c1-11-9-14(20-4)10-12(2)15(11)16(19)13(3)18-7-5-17-6-8-18/h9-10,13,17H,5-8H2,1-4H3. The first-order valence-electron chi connectivity index (χ1n) is 7.18. The van der Waals surface area contributed by atoms with Crippen molar-refractivity contribution in [3.8, 4) is 5.75 Å². The fourth-order valence-corrected chi connectivity index (χ4v) is 2.87. The zero-order chi connectivity index (χ0) is 14.7. The molecular weight excluding hydrogens is 252 g/mol. The molecular formula is C16H24N2O2. The maximum absolute atomic E-state index is 12.8. The first-order chi connectivity index (χ1) is 9.54. The SMILES string of the molecule is COc1cc(C)c(C(=O)C(C)N2CCNCC2)c(C)c1. The summed E-state index contributed by atoms with van der Waals surface area (Å²) < 4.78 is 5.26. The summed E-state index contributed by atoms with van der Waals surface area (Å²) in [5.41, 5.74) is 2.83. The van der Waals surface area contributed by atoms with Crippen LogP contribution in [0.2, 0.25) is 0 Å². The molecule has 0 aromatic heterocycles. The van der Waals surface area contributed by atoms with E-state index in [1.807, 2.05) is 32.9 Å². The third-order valence-electron chi connectivity index (χ3n) is 4.07. The Morgan fingerprint density at radius 2 is 1.80 bits per heavy atom. The van der Waals surface area contributed by atoms with E-state index in [0.717, 1.165) is 48.6 Å². The lowest BCUT2D eigenvalue weighted by Crippen LogP contribution is -2.50. The van der Waals surface area contributed by atoms with Gasteiger partial charge < -0.3 is 10.1 Å². The minimum Gasteiger partial charge on any atom is -0.497 e. The third-order valence-corrected chi connectivity index (χ3v) is 4.07. The smallest absolute Gasteiger partial charge is 0.180 e. The number of methoxy groups -OCH3 is 1. The number of hydrogen-bond donors (Lipinski definition) is 1. The van der Waals surface area contributed by atoms with Crippen molar-refractivity contribution < 1.29 is 9.53 Å². The number of piperazine rings is 1. The fourth-order valence-electron chi connectivity index (χ4n) is 2.87. The molecule has 4 heteroatoms. The summed E-state index contributed by atoms with van der Waals surface area (Å²) in [6.45, 7) is 9.75. The zero-order valence-corrected chi connectivity index (χ0v) is 12.8. The zero-order valence-electron chi connectivity index (χ0n) is 12.8. The molecule has 1 aromatic carbocycles. The van der Waals surface area contributed by atoms with Gasteiger partial charge in [-0.25, -0.2) is 0 Å². The van der Waals surface area contributed by atoms with Crippen LogP contribution in [0.4, 0.5) is 0 Å². The van der Waals surface area contributed by atoms with Gasteiger partial charge in [0, 0.05) is 31.7 Å². The monoisotopic (exact) mass is 276 g/mol. The van der Waals surface area contributed by atoms with Gasteiger partial charge in [0.05, 0.1) is 13.2 Å². The highest BCUT2D eigenvalue weighted by Gasteiger charge is 2.26. The molecule has 0 saturated carbocycles. The molecule has 1 fully saturated rings. The van der Waals surface area contributed by atoms with Gasteiger partial charge in [0.25, 0.3) is 0 Å². The molecule has 2 rings (SSSR count). The quantitative estimate of drug-likeness (QED) is 0.851. The van der Waals surface area contributed by atoms with Gasteiger partial charge in [0.2, 0.25) is 0 Å². The number of carbonyl (C=O) groups excluding carboxylic acids is 1. The van der Waals surface area contributed by atoms with Crippen LogP contribution in [0.3, 0.4) is 0 Å². The predicted octanol–water partition coefficient (Wildman–Crippen LogP) is 1.79. The van der Waals surface area contributed by atoms with Gasteiger partial charge in [-0.05, 0) is 44.0 Å². The molecule has 1 heterocycles. The van der Waals surface area contributed by atoms with E-state index < -0.39 is 0 Å². The summed E-state index contributed by atoms with van der Waals surface area (Å²) in [4.78, 5) is 15.0. The highest BCUT2D eigenvalue weighted by molar-refractivity contribution is 6.02. The second-order valence-corrected chi connectivity index (χ2v) is 5.46. The Balaban J connectivity index is 2.24. The van der Waals surface area contributed by atoms with E-state index in [0.29, 0.717) is 0 Å². The summed E-state index contributed by atoms with van der Waals surface area (Å²) >= 11 is 0. The van der Waals surface area contributed by atoms with Crippen LogP contribution in [0.1, 0.15) is 28.4 Å². The van der Waals surface area contributed by atoms with Crippen LogP contribution in [0.15, 0.2) is 12.1 Å². The second kappa shape index (κ2) is 6.37. The summed E-state index contributed by atoms with van der Waals surface area (Å²) in [6.07, 6.45) is 0. The van der Waals surface area contributed by atoms with E-state index in [4.69, 9.17) is 4.74 Å². The van der Waals surface area contributed by atoms with Gasteiger partial charge in [0.15, 0.2) is 5.78 Å². The first kappa shape index (κ1) is 15.0. The van der Waals surface area contributed by atoms with Crippen LogP contribution in [0.25, 0.3) is 0 Å². The Morgan fingerprint density at radius 3 is 2.30 bits per heavy atom. The summed E-state index contributed by atoms with van der Waals surface area (Å²) in [5, 5.41) is 3.32. The topological polar surface area (TPSA) is 41.6 Å². The molecule has 1 aromatic rings. The van der Waals surface area contributed by atoms with Gasteiger partial charge >= 0.3 is 0 Å². The lowest BCUT2D eigenvalue weighted by molar-refractivity contribution is 0.0819. The van der Waals surface area contributed by atoms with Crippen molar-refractivity contribution >= 4 is 5.78 Å². The number of ether oxygens (including phenoxy) is 1. The molecule has 20 heavy (non-hydrogen) atoms. The maximum Gasteiger partial charge on any atom is 0.180 e. The van der Waals surface area contributed by atoms with E-state index in [1.165, 1.54) is 0 Å². The minimum atomic E-state index is -0.0668. The van der Waals surface area contributed by atoms with Crippen LogP contribution < -0.4 is 10.1 Å². The highest BCUT2D eigenvalue weighted by atomic mass is 16.5. The largest absolute Gasteiger partial charge is 0.497 e. The maximum atomic E-state index is 12.8. The number of carbonyl (C=O) groups is 1. The van der Waals surface area contributed by atoms with Crippen molar-refractivity contribution in [2.45, 2.75) is 26.8 Å². The lowest BCUT2D eigenvalue weighted by Gasteiger charge is -2.32. The number of aryl methyl sites for hydroxylation is 2. The molecule has 0 amide bonds. The van der Waals surface area contributed by atoms with Crippen LogP contribution >= 0.6 is 0 Å². The van der Waals surface area contributed by atoms with E-state index >= 15 is 0 Å². The Morgan fingerprint density at radius 1 is 1.25 bits per heavy atom. The summed E-state index contributed by atoms with van der Waals surface area (Å²) in [6, 6.07) is 3.80. The van der Waals surface area contributed by atoms with Crippen molar-refractivity contribution in [3.63, 3.8) is 0 Å². The molecule has 0 aliphatic carbocycles. The average Bonchev–Trinajstić information content (AvgIpc) is 2.46. The predicted molar refractivity (Wildman–Crippen MR) is 80.7 cm³/mol. The van der Waals surface area contributed by atoms with Crippen LogP contribution in [0, 0.1) is 13.8 Å². The highest BCUT2D eigenvalue weighted by Crippen LogP contribution is 2.24. The second-order valence-electron chi connectivity index (χ2n) is 5.46. The van der Waals surface area contributed by atoms with Gasteiger partial charge in [-0.1, -0.05) is 0 Å². The minimum absolute atomic E-state index is 0.0668.